The first-order chi connectivity index (χ1) is 12.6. The van der Waals surface area contributed by atoms with Crippen LogP contribution in [0.4, 0.5) is 5.69 Å². The lowest BCUT2D eigenvalue weighted by Gasteiger charge is -2.23. The molecular formula is C20H20N4O2. The van der Waals surface area contributed by atoms with Crippen molar-refractivity contribution in [3.8, 4) is 0 Å². The minimum absolute atomic E-state index is 0.127. The van der Waals surface area contributed by atoms with Crippen LogP contribution in [0.5, 0.6) is 0 Å². The first-order valence-electron chi connectivity index (χ1n) is 8.62. The van der Waals surface area contributed by atoms with Crippen molar-refractivity contribution in [1.82, 2.24) is 14.9 Å². The highest BCUT2D eigenvalue weighted by atomic mass is 16.2. The van der Waals surface area contributed by atoms with E-state index in [-0.39, 0.29) is 11.8 Å². The van der Waals surface area contributed by atoms with Crippen LogP contribution in [-0.2, 0) is 29.6 Å². The van der Waals surface area contributed by atoms with Gasteiger partial charge in [0.05, 0.1) is 17.6 Å². The molecule has 0 radical (unpaired) electrons. The second-order valence-electron chi connectivity index (χ2n) is 6.53. The molecule has 0 saturated heterocycles. The number of para-hydroxylation sites is 3. The van der Waals surface area contributed by atoms with Crippen LogP contribution in [0.1, 0.15) is 18.3 Å². The molecule has 0 bridgehead atoms. The Morgan fingerprint density at radius 2 is 1.88 bits per heavy atom. The molecule has 1 aliphatic heterocycles. The summed E-state index contributed by atoms with van der Waals surface area (Å²) in [4.78, 5) is 31.0. The third kappa shape index (κ3) is 2.63. The Balaban J connectivity index is 1.53. The molecule has 2 aromatic carbocycles. The number of anilines is 1. The van der Waals surface area contributed by atoms with Crippen molar-refractivity contribution in [2.24, 2.45) is 7.05 Å². The van der Waals surface area contributed by atoms with Crippen LogP contribution in [0.2, 0.25) is 0 Å². The molecule has 4 rings (SSSR count). The van der Waals surface area contributed by atoms with Crippen LogP contribution in [-0.4, -0.2) is 27.4 Å². The summed E-state index contributed by atoms with van der Waals surface area (Å²) in [5.74, 6) is 0.491. The minimum atomic E-state index is -0.514. The monoisotopic (exact) mass is 348 g/mol. The van der Waals surface area contributed by atoms with E-state index in [0.29, 0.717) is 13.0 Å². The van der Waals surface area contributed by atoms with Gasteiger partial charge >= 0.3 is 0 Å². The van der Waals surface area contributed by atoms with Crippen molar-refractivity contribution in [1.29, 1.82) is 0 Å². The van der Waals surface area contributed by atoms with Gasteiger partial charge in [-0.1, -0.05) is 30.3 Å². The van der Waals surface area contributed by atoms with Crippen molar-refractivity contribution in [3.63, 3.8) is 0 Å². The molecule has 0 saturated carbocycles. The van der Waals surface area contributed by atoms with E-state index in [0.717, 1.165) is 28.1 Å². The Hall–Kier alpha value is -3.15. The Labute approximate surface area is 151 Å². The molecule has 0 aliphatic carbocycles. The number of rotatable bonds is 3. The summed E-state index contributed by atoms with van der Waals surface area (Å²) < 4.78 is 1.97. The number of imidazole rings is 1. The molecule has 1 N–H and O–H groups in total. The van der Waals surface area contributed by atoms with Crippen molar-refractivity contribution >= 4 is 28.5 Å². The van der Waals surface area contributed by atoms with E-state index in [4.69, 9.17) is 0 Å². The standard InChI is InChI=1S/C20H20N4O2/c1-13(25)24-16-9-5-3-7-14(16)11-18(24)20(26)21-12-19-22-15-8-4-6-10-17(15)23(19)2/h3-10,18H,11-12H2,1-2H3,(H,21,26)/t18-/m0/s1. The fourth-order valence-corrected chi connectivity index (χ4v) is 3.62. The van der Waals surface area contributed by atoms with Crippen molar-refractivity contribution in [2.45, 2.75) is 25.9 Å². The first-order valence-corrected chi connectivity index (χ1v) is 8.62. The molecule has 132 valence electrons. The SMILES string of the molecule is CC(=O)N1c2ccccc2C[C@H]1C(=O)NCc1nc2ccccc2n1C. The number of aromatic nitrogens is 2. The summed E-state index contributed by atoms with van der Waals surface area (Å²) in [6.07, 6.45) is 0.532. The van der Waals surface area contributed by atoms with E-state index in [1.165, 1.54) is 6.92 Å². The molecule has 6 heteroatoms. The summed E-state index contributed by atoms with van der Waals surface area (Å²) in [7, 11) is 1.93. The molecule has 1 aromatic heterocycles. The number of carbonyl (C=O) groups is 2. The lowest BCUT2D eigenvalue weighted by molar-refractivity contribution is -0.125. The lowest BCUT2D eigenvalue weighted by Crippen LogP contribution is -2.47. The third-order valence-corrected chi connectivity index (χ3v) is 4.92. The summed E-state index contributed by atoms with van der Waals surface area (Å²) in [5.41, 5.74) is 3.77. The van der Waals surface area contributed by atoms with Gasteiger partial charge in [-0.15, -0.1) is 0 Å². The summed E-state index contributed by atoms with van der Waals surface area (Å²) >= 11 is 0. The first kappa shape index (κ1) is 16.3. The predicted molar refractivity (Wildman–Crippen MR) is 99.7 cm³/mol. The highest BCUT2D eigenvalue weighted by molar-refractivity contribution is 6.02. The maximum Gasteiger partial charge on any atom is 0.243 e. The summed E-state index contributed by atoms with van der Waals surface area (Å²) in [5, 5.41) is 2.95. The second kappa shape index (κ2) is 6.29. The lowest BCUT2D eigenvalue weighted by atomic mass is 10.1. The fourth-order valence-electron chi connectivity index (χ4n) is 3.62. The number of nitrogens with zero attached hydrogens (tertiary/aromatic N) is 3. The fraction of sp³-hybridized carbons (Fsp3) is 0.250. The normalized spacial score (nSPS) is 15.9. The van der Waals surface area contributed by atoms with Crippen molar-refractivity contribution in [2.75, 3.05) is 4.90 Å². The van der Waals surface area contributed by atoms with Gasteiger partial charge in [-0.2, -0.15) is 0 Å². The third-order valence-electron chi connectivity index (χ3n) is 4.92. The molecule has 3 aromatic rings. The van der Waals surface area contributed by atoms with Gasteiger partial charge in [-0.3, -0.25) is 14.5 Å². The molecule has 0 spiro atoms. The molecular weight excluding hydrogens is 328 g/mol. The van der Waals surface area contributed by atoms with Crippen LogP contribution >= 0.6 is 0 Å². The quantitative estimate of drug-likeness (QED) is 0.789. The van der Waals surface area contributed by atoms with E-state index in [9.17, 15) is 9.59 Å². The van der Waals surface area contributed by atoms with E-state index in [2.05, 4.69) is 10.3 Å². The highest BCUT2D eigenvalue weighted by Crippen LogP contribution is 2.32. The number of carbonyl (C=O) groups excluding carboxylic acids is 2. The maximum absolute atomic E-state index is 12.8. The zero-order valence-electron chi connectivity index (χ0n) is 14.8. The van der Waals surface area contributed by atoms with Gasteiger partial charge in [0.25, 0.3) is 0 Å². The highest BCUT2D eigenvalue weighted by Gasteiger charge is 2.36. The van der Waals surface area contributed by atoms with Crippen molar-refractivity contribution in [3.05, 3.63) is 59.9 Å². The van der Waals surface area contributed by atoms with Gasteiger partial charge in [0.15, 0.2) is 0 Å². The van der Waals surface area contributed by atoms with Gasteiger partial charge in [0.1, 0.15) is 11.9 Å². The number of hydrogen-bond donors (Lipinski definition) is 1. The van der Waals surface area contributed by atoms with Gasteiger partial charge in [0, 0.05) is 26.1 Å². The second-order valence-corrected chi connectivity index (χ2v) is 6.53. The Kier molecular flexibility index (Phi) is 3.95. The van der Waals surface area contributed by atoms with Gasteiger partial charge in [0.2, 0.25) is 11.8 Å². The van der Waals surface area contributed by atoms with Crippen LogP contribution in [0.15, 0.2) is 48.5 Å². The predicted octanol–water partition coefficient (Wildman–Crippen LogP) is 2.17. The van der Waals surface area contributed by atoms with Crippen LogP contribution in [0.3, 0.4) is 0 Å². The van der Waals surface area contributed by atoms with Gasteiger partial charge in [-0.25, -0.2) is 4.98 Å². The van der Waals surface area contributed by atoms with Crippen molar-refractivity contribution < 1.29 is 9.59 Å². The summed E-state index contributed by atoms with van der Waals surface area (Å²) in [6.45, 7) is 1.82. The molecule has 1 aliphatic rings. The maximum atomic E-state index is 12.8. The number of hydrogen-bond acceptors (Lipinski definition) is 3. The van der Waals surface area contributed by atoms with E-state index < -0.39 is 6.04 Å². The number of benzene rings is 2. The molecule has 26 heavy (non-hydrogen) atoms. The molecule has 6 nitrogen and oxygen atoms in total. The molecule has 0 fully saturated rings. The summed E-state index contributed by atoms with van der Waals surface area (Å²) in [6, 6.07) is 15.0. The molecule has 2 amide bonds. The Bertz CT molecular complexity index is 1010. The number of fused-ring (bicyclic) bond motifs is 2. The molecule has 1 atom stereocenters. The topological polar surface area (TPSA) is 67.2 Å². The van der Waals surface area contributed by atoms with Crippen LogP contribution in [0.25, 0.3) is 11.0 Å². The van der Waals surface area contributed by atoms with E-state index in [1.54, 1.807) is 4.90 Å². The number of amides is 2. The van der Waals surface area contributed by atoms with Gasteiger partial charge in [-0.05, 0) is 23.8 Å². The van der Waals surface area contributed by atoms with E-state index >= 15 is 0 Å². The average molecular weight is 348 g/mol. The minimum Gasteiger partial charge on any atom is -0.347 e. The van der Waals surface area contributed by atoms with E-state index in [1.807, 2.05) is 60.1 Å². The zero-order chi connectivity index (χ0) is 18.3. The number of nitrogens with one attached hydrogen (secondary N) is 1. The van der Waals surface area contributed by atoms with Crippen LogP contribution in [0, 0.1) is 0 Å². The number of aryl methyl sites for hydroxylation is 1. The molecule has 2 heterocycles. The molecule has 0 unspecified atom stereocenters. The smallest absolute Gasteiger partial charge is 0.243 e. The zero-order valence-corrected chi connectivity index (χ0v) is 14.8. The Morgan fingerprint density at radius 3 is 2.65 bits per heavy atom. The van der Waals surface area contributed by atoms with Gasteiger partial charge < -0.3 is 9.88 Å². The Morgan fingerprint density at radius 1 is 1.15 bits per heavy atom. The van der Waals surface area contributed by atoms with Crippen LogP contribution < -0.4 is 10.2 Å². The largest absolute Gasteiger partial charge is 0.347 e. The average Bonchev–Trinajstić information content (AvgIpc) is 3.18.